The number of hydrogen-bond acceptors (Lipinski definition) is 3. The van der Waals surface area contributed by atoms with Crippen molar-refractivity contribution in [2.45, 2.75) is 32.0 Å². The van der Waals surface area contributed by atoms with Gasteiger partial charge < -0.3 is 9.84 Å². The van der Waals surface area contributed by atoms with Crippen molar-refractivity contribution in [3.63, 3.8) is 0 Å². The first-order valence-electron chi connectivity index (χ1n) is 4.05. The average molecular weight is 230 g/mol. The highest BCUT2D eigenvalue weighted by atomic mass is 19.3. The molecule has 0 atom stereocenters. The van der Waals surface area contributed by atoms with E-state index < -0.39 is 24.6 Å². The van der Waals surface area contributed by atoms with Crippen molar-refractivity contribution in [3.05, 3.63) is 12.2 Å². The summed E-state index contributed by atoms with van der Waals surface area (Å²) in [5.41, 5.74) is 0. The standard InChI is InChI=1S/C5H6F4O3.C3H4/c1-2-3(10)12-5(8,9)4(6,7)11;1-2-3-1/h11H,2H2,1H3;1-2H,3H2. The van der Waals surface area contributed by atoms with Crippen molar-refractivity contribution in [1.82, 2.24) is 0 Å². The van der Waals surface area contributed by atoms with E-state index in [1.807, 2.05) is 0 Å². The summed E-state index contributed by atoms with van der Waals surface area (Å²) < 4.78 is 49.9. The summed E-state index contributed by atoms with van der Waals surface area (Å²) in [7, 11) is 0. The van der Waals surface area contributed by atoms with Crippen molar-refractivity contribution in [2.24, 2.45) is 0 Å². The van der Waals surface area contributed by atoms with Gasteiger partial charge in [-0.05, 0) is 6.42 Å². The largest absolute Gasteiger partial charge is 0.495 e. The number of aliphatic hydroxyl groups is 1. The molecule has 0 saturated carbocycles. The molecule has 1 rings (SSSR count). The molecule has 0 aromatic rings. The van der Waals surface area contributed by atoms with Crippen LogP contribution in [0.3, 0.4) is 0 Å². The number of carbonyl (C=O) groups is 1. The van der Waals surface area contributed by atoms with Gasteiger partial charge in [-0.1, -0.05) is 19.1 Å². The molecule has 0 unspecified atom stereocenters. The zero-order valence-corrected chi connectivity index (χ0v) is 7.84. The normalized spacial score (nSPS) is 14.0. The summed E-state index contributed by atoms with van der Waals surface area (Å²) in [6.45, 7) is 1.15. The molecule has 0 saturated heterocycles. The van der Waals surface area contributed by atoms with Crippen LogP contribution in [-0.4, -0.2) is 23.3 Å². The van der Waals surface area contributed by atoms with Crippen LogP contribution < -0.4 is 0 Å². The van der Waals surface area contributed by atoms with Crippen molar-refractivity contribution in [1.29, 1.82) is 0 Å². The lowest BCUT2D eigenvalue weighted by Gasteiger charge is -2.19. The number of hydrogen-bond donors (Lipinski definition) is 1. The van der Waals surface area contributed by atoms with Gasteiger partial charge in [-0.3, -0.25) is 4.79 Å². The van der Waals surface area contributed by atoms with E-state index in [1.165, 1.54) is 6.42 Å². The maximum absolute atomic E-state index is 11.9. The van der Waals surface area contributed by atoms with Gasteiger partial charge in [-0.25, -0.2) is 0 Å². The fourth-order valence-electron chi connectivity index (χ4n) is 0.277. The molecule has 0 aromatic heterocycles. The van der Waals surface area contributed by atoms with Crippen molar-refractivity contribution in [2.75, 3.05) is 0 Å². The van der Waals surface area contributed by atoms with E-state index in [1.54, 1.807) is 0 Å². The first kappa shape index (κ1) is 13.9. The molecule has 0 amide bonds. The molecular formula is C8H10F4O3. The molecule has 1 aliphatic rings. The Morgan fingerprint density at radius 2 is 1.80 bits per heavy atom. The smallest absolute Gasteiger partial charge is 0.394 e. The Morgan fingerprint density at radius 3 is 2.00 bits per heavy atom. The number of allylic oxidation sites excluding steroid dienone is 2. The maximum atomic E-state index is 11.9. The van der Waals surface area contributed by atoms with Gasteiger partial charge in [0.25, 0.3) is 0 Å². The fourth-order valence-corrected chi connectivity index (χ4v) is 0.277. The van der Waals surface area contributed by atoms with Crippen molar-refractivity contribution >= 4 is 5.97 Å². The summed E-state index contributed by atoms with van der Waals surface area (Å²) in [4.78, 5) is 10.1. The molecule has 0 fully saturated rings. The van der Waals surface area contributed by atoms with Gasteiger partial charge in [0.15, 0.2) is 0 Å². The lowest BCUT2D eigenvalue weighted by molar-refractivity contribution is -0.404. The third kappa shape index (κ3) is 6.05. The predicted molar refractivity (Wildman–Crippen MR) is 42.3 cm³/mol. The van der Waals surface area contributed by atoms with Crippen LogP contribution in [0.5, 0.6) is 0 Å². The number of ether oxygens (including phenoxy) is 1. The third-order valence-electron chi connectivity index (χ3n) is 1.12. The number of rotatable bonds is 3. The quantitative estimate of drug-likeness (QED) is 0.458. The van der Waals surface area contributed by atoms with E-state index in [0.717, 1.165) is 6.92 Å². The Balaban J connectivity index is 0.000000548. The molecule has 0 radical (unpaired) electrons. The van der Waals surface area contributed by atoms with Gasteiger partial charge in [-0.2, -0.15) is 17.6 Å². The Hall–Kier alpha value is -1.11. The first-order valence-corrected chi connectivity index (χ1v) is 4.05. The average Bonchev–Trinajstić information content (AvgIpc) is 2.86. The molecule has 88 valence electrons. The molecule has 0 aliphatic heterocycles. The molecule has 1 aliphatic carbocycles. The minimum atomic E-state index is -5.35. The SMILES string of the molecule is C1=CC1.CCC(=O)OC(F)(F)C(O)(F)F. The second kappa shape index (κ2) is 5.11. The number of alkyl halides is 4. The highest BCUT2D eigenvalue weighted by Gasteiger charge is 2.59. The summed E-state index contributed by atoms with van der Waals surface area (Å²) >= 11 is 0. The first-order chi connectivity index (χ1) is 6.70. The third-order valence-corrected chi connectivity index (χ3v) is 1.12. The van der Waals surface area contributed by atoms with Crippen molar-refractivity contribution in [3.8, 4) is 0 Å². The topological polar surface area (TPSA) is 46.5 Å². The lowest BCUT2D eigenvalue weighted by Crippen LogP contribution is -2.43. The van der Waals surface area contributed by atoms with Crippen LogP contribution in [0.1, 0.15) is 19.8 Å². The summed E-state index contributed by atoms with van der Waals surface area (Å²) in [5, 5.41) is 7.53. The van der Waals surface area contributed by atoms with Crippen LogP contribution in [-0.2, 0) is 9.53 Å². The Kier molecular flexibility index (Phi) is 4.73. The van der Waals surface area contributed by atoms with Gasteiger partial charge >= 0.3 is 18.2 Å². The van der Waals surface area contributed by atoms with Gasteiger partial charge in [0.05, 0.1) is 0 Å². The van der Waals surface area contributed by atoms with Crippen LogP contribution >= 0.6 is 0 Å². The Bertz CT molecular complexity index is 241. The lowest BCUT2D eigenvalue weighted by atomic mass is 10.5. The van der Waals surface area contributed by atoms with Gasteiger partial charge in [0.1, 0.15) is 0 Å². The second-order valence-corrected chi connectivity index (χ2v) is 2.59. The van der Waals surface area contributed by atoms with Gasteiger partial charge in [-0.15, -0.1) is 0 Å². The number of halogens is 4. The van der Waals surface area contributed by atoms with E-state index in [2.05, 4.69) is 16.9 Å². The maximum Gasteiger partial charge on any atom is 0.495 e. The highest BCUT2D eigenvalue weighted by molar-refractivity contribution is 5.69. The van der Waals surface area contributed by atoms with Crippen molar-refractivity contribution < 1.29 is 32.2 Å². The van der Waals surface area contributed by atoms with E-state index in [-0.39, 0.29) is 0 Å². The highest BCUT2D eigenvalue weighted by Crippen LogP contribution is 2.32. The van der Waals surface area contributed by atoms with Crippen LogP contribution in [0.4, 0.5) is 17.6 Å². The molecule has 0 spiro atoms. The fraction of sp³-hybridized carbons (Fsp3) is 0.625. The number of esters is 1. The minimum Gasteiger partial charge on any atom is -0.394 e. The summed E-state index contributed by atoms with van der Waals surface area (Å²) in [6, 6.07) is 0. The van der Waals surface area contributed by atoms with Gasteiger partial charge in [0.2, 0.25) is 0 Å². The molecule has 3 nitrogen and oxygen atoms in total. The van der Waals surface area contributed by atoms with E-state index in [4.69, 9.17) is 5.11 Å². The minimum absolute atomic E-state index is 0.480. The second-order valence-electron chi connectivity index (χ2n) is 2.59. The molecule has 15 heavy (non-hydrogen) atoms. The van der Waals surface area contributed by atoms with E-state index >= 15 is 0 Å². The zero-order chi connectivity index (χ0) is 12.1. The van der Waals surface area contributed by atoms with Crippen LogP contribution in [0.15, 0.2) is 12.2 Å². The summed E-state index contributed by atoms with van der Waals surface area (Å²) in [5.74, 6) is -1.52. The van der Waals surface area contributed by atoms with Crippen LogP contribution in [0.25, 0.3) is 0 Å². The predicted octanol–water partition coefficient (Wildman–Crippen LogP) is 2.06. The van der Waals surface area contributed by atoms with Crippen LogP contribution in [0, 0.1) is 0 Å². The molecule has 0 aromatic carbocycles. The Morgan fingerprint density at radius 1 is 1.40 bits per heavy atom. The summed E-state index contributed by atoms with van der Waals surface area (Å²) in [6.07, 6.45) is -5.50. The molecule has 7 heteroatoms. The Labute approximate surface area is 83.3 Å². The van der Waals surface area contributed by atoms with Crippen LogP contribution in [0.2, 0.25) is 0 Å². The van der Waals surface area contributed by atoms with E-state index in [9.17, 15) is 22.4 Å². The molecule has 0 bridgehead atoms. The van der Waals surface area contributed by atoms with Gasteiger partial charge in [0, 0.05) is 6.42 Å². The zero-order valence-electron chi connectivity index (χ0n) is 7.84. The number of carbonyl (C=O) groups excluding carboxylic acids is 1. The molecule has 0 heterocycles. The molecule has 1 N–H and O–H groups in total. The molecular weight excluding hydrogens is 220 g/mol. The monoisotopic (exact) mass is 230 g/mol. The van der Waals surface area contributed by atoms with E-state index in [0.29, 0.717) is 0 Å².